The second-order valence-corrected chi connectivity index (χ2v) is 15.4. The first kappa shape index (κ1) is 35.1. The van der Waals surface area contributed by atoms with Gasteiger partial charge < -0.3 is 34.4 Å². The number of anilines is 1. The van der Waals surface area contributed by atoms with Gasteiger partial charge in [-0.15, -0.1) is 0 Å². The van der Waals surface area contributed by atoms with Crippen LogP contribution in [0.4, 0.5) is 14.6 Å². The highest BCUT2D eigenvalue weighted by molar-refractivity contribution is 6.03. The summed E-state index contributed by atoms with van der Waals surface area (Å²) >= 11 is 0. The number of β-amino-alcohol motifs (C(OH)–C–C–N with tert-alkyl or cyclic N) is 1. The molecule has 11 nitrogen and oxygen atoms in total. The molecule has 0 amide bonds. The summed E-state index contributed by atoms with van der Waals surface area (Å²) in [6, 6.07) is 6.79. The van der Waals surface area contributed by atoms with Crippen LogP contribution in [0.3, 0.4) is 0 Å². The van der Waals surface area contributed by atoms with E-state index in [1.165, 1.54) is 38.2 Å². The molecule has 2 aliphatic heterocycles. The summed E-state index contributed by atoms with van der Waals surface area (Å²) in [6.07, 6.45) is 7.52. The van der Waals surface area contributed by atoms with E-state index in [1.807, 2.05) is 6.92 Å². The third-order valence-electron chi connectivity index (χ3n) is 11.6. The molecule has 0 bridgehead atoms. The Labute approximate surface area is 301 Å². The fraction of sp³-hybridized carbons (Fsp3) is 0.564. The second kappa shape index (κ2) is 13.5. The molecule has 2 saturated heterocycles. The third kappa shape index (κ3) is 6.18. The molecule has 13 heteroatoms. The molecule has 2 saturated carbocycles. The minimum atomic E-state index is -1.34. The highest BCUT2D eigenvalue weighted by Gasteiger charge is 2.51. The molecule has 8 rings (SSSR count). The summed E-state index contributed by atoms with van der Waals surface area (Å²) in [6.45, 7) is 4.74. The van der Waals surface area contributed by atoms with Crippen LogP contribution in [0.15, 0.2) is 24.3 Å². The number of aliphatic hydroxyl groups excluding tert-OH is 1. The van der Waals surface area contributed by atoms with Crippen LogP contribution in [0.5, 0.6) is 17.6 Å². The van der Waals surface area contributed by atoms with Crippen molar-refractivity contribution in [2.24, 2.45) is 5.41 Å². The van der Waals surface area contributed by atoms with Gasteiger partial charge in [-0.1, -0.05) is 19.4 Å². The SMILES string of the molecule is CCc1c(F)ccc2cc(O)cc(-c3nc(OC)c4c(N5C[C@H](CO)OC[C@@](C)(O)C5)nc(OC[C@]56CCC[C@H]5N(C5CC5)CCC6)nc4c3F)c12. The van der Waals surface area contributed by atoms with E-state index in [0.717, 1.165) is 38.6 Å². The van der Waals surface area contributed by atoms with Crippen LogP contribution >= 0.6 is 0 Å². The first-order valence-corrected chi connectivity index (χ1v) is 18.5. The molecule has 0 spiro atoms. The number of phenols is 1. The molecular formula is C39H47F2N5O6. The van der Waals surface area contributed by atoms with Gasteiger partial charge >= 0.3 is 6.01 Å². The van der Waals surface area contributed by atoms with Crippen LogP contribution in [0.1, 0.15) is 64.4 Å². The Bertz CT molecular complexity index is 2010. The van der Waals surface area contributed by atoms with E-state index in [9.17, 15) is 15.3 Å². The third-order valence-corrected chi connectivity index (χ3v) is 11.6. The summed E-state index contributed by atoms with van der Waals surface area (Å²) in [5.41, 5.74) is -1.17. The number of nitrogens with zero attached hydrogens (tertiary/aromatic N) is 5. The Morgan fingerprint density at radius 1 is 1.06 bits per heavy atom. The number of hydrogen-bond donors (Lipinski definition) is 3. The molecule has 4 aromatic rings. The molecule has 2 aromatic heterocycles. The molecule has 4 atom stereocenters. The van der Waals surface area contributed by atoms with E-state index < -0.39 is 23.3 Å². The van der Waals surface area contributed by atoms with Crippen LogP contribution in [-0.4, -0.2) is 106 Å². The first-order valence-electron chi connectivity index (χ1n) is 18.5. The quantitative estimate of drug-likeness (QED) is 0.202. The number of phenolic OH excluding ortho intramolecular Hbond substituents is 1. The molecule has 0 radical (unpaired) electrons. The van der Waals surface area contributed by atoms with Crippen LogP contribution in [0.2, 0.25) is 0 Å². The van der Waals surface area contributed by atoms with Crippen molar-refractivity contribution in [1.29, 1.82) is 0 Å². The molecular weight excluding hydrogens is 672 g/mol. The van der Waals surface area contributed by atoms with E-state index >= 15 is 8.78 Å². The summed E-state index contributed by atoms with van der Waals surface area (Å²) < 4.78 is 50.7. The van der Waals surface area contributed by atoms with Crippen LogP contribution < -0.4 is 14.4 Å². The lowest BCUT2D eigenvalue weighted by molar-refractivity contribution is -0.0528. The Balaban J connectivity index is 1.31. The second-order valence-electron chi connectivity index (χ2n) is 15.4. The number of aryl methyl sites for hydroxylation is 1. The number of rotatable bonds is 9. The predicted octanol–water partition coefficient (Wildman–Crippen LogP) is 5.52. The zero-order valence-electron chi connectivity index (χ0n) is 30.0. The molecule has 278 valence electrons. The number of piperidine rings is 1. The van der Waals surface area contributed by atoms with Crippen molar-refractivity contribution in [3.63, 3.8) is 0 Å². The standard InChI is InChI=1S/C39H47F2N5O6/c1-4-26-28(40)11-8-22-15-24(48)16-27(30(22)26)33-32(41)34-31(36(42-33)50-3)35(45-17-25(18-47)51-20-38(2,49)19-45)44-37(43-34)52-21-39-12-5-7-29(39)46(14-6-13-39)23-9-10-23/h8,11,15-16,23,25,29,47-49H,4-7,9-10,12-14,17-21H2,1-3H3/t25-,29-,38+,39-/m1/s1. The molecule has 3 N–H and O–H groups in total. The van der Waals surface area contributed by atoms with Crippen molar-refractivity contribution in [3.8, 4) is 28.9 Å². The van der Waals surface area contributed by atoms with Crippen molar-refractivity contribution in [2.75, 3.05) is 51.5 Å². The average Bonchev–Trinajstić information content (AvgIpc) is 3.91. The smallest absolute Gasteiger partial charge is 0.319 e. The number of likely N-dealkylation sites (tertiary alicyclic amines) is 1. The van der Waals surface area contributed by atoms with Crippen molar-refractivity contribution in [3.05, 3.63) is 41.5 Å². The number of fused-ring (bicyclic) bond motifs is 3. The fourth-order valence-corrected chi connectivity index (χ4v) is 9.14. The van der Waals surface area contributed by atoms with E-state index in [1.54, 1.807) is 17.9 Å². The lowest BCUT2D eigenvalue weighted by atomic mass is 9.75. The normalized spacial score (nSPS) is 26.9. The first-order chi connectivity index (χ1) is 25.0. The maximum Gasteiger partial charge on any atom is 0.319 e. The number of aromatic nitrogens is 3. The van der Waals surface area contributed by atoms with Crippen molar-refractivity contribution >= 4 is 27.5 Å². The Kier molecular flexibility index (Phi) is 9.12. The molecule has 4 fully saturated rings. The van der Waals surface area contributed by atoms with Crippen molar-refractivity contribution in [2.45, 2.75) is 89.0 Å². The molecule has 2 aliphatic carbocycles. The number of aliphatic hydroxyl groups is 2. The number of methoxy groups -OCH3 is 1. The van der Waals surface area contributed by atoms with Gasteiger partial charge in [0.1, 0.15) is 39.6 Å². The highest BCUT2D eigenvalue weighted by atomic mass is 19.1. The Morgan fingerprint density at radius 3 is 2.62 bits per heavy atom. The van der Waals surface area contributed by atoms with E-state index in [0.29, 0.717) is 41.4 Å². The van der Waals surface area contributed by atoms with Gasteiger partial charge in [0.15, 0.2) is 5.82 Å². The zero-order chi connectivity index (χ0) is 36.4. The summed E-state index contributed by atoms with van der Waals surface area (Å²) in [5, 5.41) is 33.3. The minimum Gasteiger partial charge on any atom is -0.508 e. The van der Waals surface area contributed by atoms with E-state index in [-0.39, 0.29) is 77.3 Å². The van der Waals surface area contributed by atoms with Crippen molar-refractivity contribution in [1.82, 2.24) is 19.9 Å². The molecule has 4 aliphatic rings. The van der Waals surface area contributed by atoms with Crippen LogP contribution in [0, 0.1) is 17.0 Å². The Hall–Kier alpha value is -3.91. The summed E-state index contributed by atoms with van der Waals surface area (Å²) in [7, 11) is 1.40. The van der Waals surface area contributed by atoms with Crippen LogP contribution in [0.25, 0.3) is 32.9 Å². The average molecular weight is 720 g/mol. The van der Waals surface area contributed by atoms with E-state index in [4.69, 9.17) is 24.2 Å². The number of halogens is 2. The number of pyridine rings is 1. The number of ether oxygens (including phenoxy) is 3. The highest BCUT2D eigenvalue weighted by Crippen LogP contribution is 2.51. The molecule has 2 aromatic carbocycles. The van der Waals surface area contributed by atoms with Gasteiger partial charge in [-0.25, -0.2) is 13.8 Å². The largest absolute Gasteiger partial charge is 0.508 e. The van der Waals surface area contributed by atoms with Gasteiger partial charge in [0.05, 0.1) is 39.6 Å². The number of hydrogen-bond acceptors (Lipinski definition) is 11. The number of aromatic hydroxyl groups is 1. The maximum atomic E-state index is 17.3. The topological polar surface area (TPSA) is 134 Å². The predicted molar refractivity (Wildman–Crippen MR) is 192 cm³/mol. The molecule has 0 unspecified atom stereocenters. The summed E-state index contributed by atoms with van der Waals surface area (Å²) in [5.74, 6) is -1.20. The lowest BCUT2D eigenvalue weighted by Crippen LogP contribution is -2.52. The number of benzene rings is 2. The Morgan fingerprint density at radius 2 is 1.87 bits per heavy atom. The fourth-order valence-electron chi connectivity index (χ4n) is 9.14. The minimum absolute atomic E-state index is 0.00828. The monoisotopic (exact) mass is 719 g/mol. The molecule has 52 heavy (non-hydrogen) atoms. The van der Waals surface area contributed by atoms with Gasteiger partial charge in [-0.2, -0.15) is 9.97 Å². The van der Waals surface area contributed by atoms with Crippen molar-refractivity contribution < 1.29 is 38.3 Å². The maximum absolute atomic E-state index is 17.3. The van der Waals surface area contributed by atoms with E-state index in [2.05, 4.69) is 9.88 Å². The van der Waals surface area contributed by atoms with Gasteiger partial charge in [0.2, 0.25) is 5.88 Å². The van der Waals surface area contributed by atoms with Gasteiger partial charge in [0.25, 0.3) is 0 Å². The van der Waals surface area contributed by atoms with Crippen LogP contribution in [-0.2, 0) is 11.2 Å². The van der Waals surface area contributed by atoms with Gasteiger partial charge in [0, 0.05) is 29.6 Å². The van der Waals surface area contributed by atoms with Gasteiger partial charge in [-0.3, -0.25) is 4.90 Å². The van der Waals surface area contributed by atoms with Gasteiger partial charge in [-0.05, 0) is 92.9 Å². The molecule has 4 heterocycles. The zero-order valence-corrected chi connectivity index (χ0v) is 30.0. The summed E-state index contributed by atoms with van der Waals surface area (Å²) in [4.78, 5) is 18.6. The lowest BCUT2D eigenvalue weighted by Gasteiger charge is -2.46.